The van der Waals surface area contributed by atoms with Crippen LogP contribution in [0.4, 0.5) is 11.4 Å². The zero-order valence-electron chi connectivity index (χ0n) is 33.6. The number of hydrogen-bond acceptors (Lipinski definition) is 13. The zero-order chi connectivity index (χ0) is 46.4. The summed E-state index contributed by atoms with van der Waals surface area (Å²) in [5.74, 6) is -2.43. The molecule has 5 N–H and O–H groups in total. The third-order valence-electron chi connectivity index (χ3n) is 11.1. The van der Waals surface area contributed by atoms with Crippen LogP contribution in [0.2, 0.25) is 0 Å². The number of rotatable bonds is 19. The average molecular weight is 963 g/mol. The van der Waals surface area contributed by atoms with Crippen molar-refractivity contribution in [1.82, 2.24) is 0 Å². The summed E-state index contributed by atoms with van der Waals surface area (Å²) in [6, 6.07) is 8.58. The van der Waals surface area contributed by atoms with Gasteiger partial charge in [-0.2, -0.15) is 38.2 Å². The molecule has 5 rings (SSSR count). The van der Waals surface area contributed by atoms with Gasteiger partial charge in [-0.25, -0.2) is 8.42 Å². The molecule has 24 heteroatoms. The van der Waals surface area contributed by atoms with Gasteiger partial charge in [-0.3, -0.25) is 23.0 Å². The van der Waals surface area contributed by atoms with Gasteiger partial charge in [0.2, 0.25) is 5.69 Å². The third-order valence-corrected chi connectivity index (χ3v) is 15.3. The lowest BCUT2D eigenvalue weighted by Gasteiger charge is -2.31. The minimum Gasteiger partial charge on any atom is -0.748 e. The smallest absolute Gasteiger partial charge is 0.303 e. The highest BCUT2D eigenvalue weighted by molar-refractivity contribution is 7.87. The van der Waals surface area contributed by atoms with Crippen molar-refractivity contribution in [2.24, 2.45) is 0 Å². The van der Waals surface area contributed by atoms with E-state index >= 15 is 0 Å². The van der Waals surface area contributed by atoms with E-state index in [0.717, 1.165) is 6.07 Å². The molecular formula is C38H46N2O17S5. The van der Waals surface area contributed by atoms with Crippen LogP contribution in [0.25, 0.3) is 10.8 Å². The molecule has 0 bridgehead atoms. The Morgan fingerprint density at radius 2 is 1.42 bits per heavy atom. The fourth-order valence-electron chi connectivity index (χ4n) is 8.55. The highest BCUT2D eigenvalue weighted by atomic mass is 32.2. The fraction of sp³-hybridized carbons (Fsp3) is 0.421. The zero-order valence-corrected chi connectivity index (χ0v) is 37.7. The second-order valence-corrected chi connectivity index (χ2v) is 23.1. The van der Waals surface area contributed by atoms with Crippen LogP contribution in [0.5, 0.6) is 0 Å². The highest BCUT2D eigenvalue weighted by Crippen LogP contribution is 2.53. The first-order valence-corrected chi connectivity index (χ1v) is 26.5. The fourth-order valence-corrected chi connectivity index (χ4v) is 11.7. The van der Waals surface area contributed by atoms with Crippen LogP contribution in [0.3, 0.4) is 0 Å². The van der Waals surface area contributed by atoms with E-state index in [0.29, 0.717) is 53.7 Å². The van der Waals surface area contributed by atoms with Crippen LogP contribution < -0.4 is 4.90 Å². The Labute approximate surface area is 360 Å². The molecule has 19 nitrogen and oxygen atoms in total. The van der Waals surface area contributed by atoms with Gasteiger partial charge in [-0.1, -0.05) is 25.0 Å². The molecule has 3 aromatic rings. The first kappa shape index (κ1) is 48.9. The number of carboxylic acids is 1. The maximum atomic E-state index is 12.8. The van der Waals surface area contributed by atoms with Gasteiger partial charge in [0.05, 0.1) is 26.2 Å². The van der Waals surface area contributed by atoms with Crippen LogP contribution in [-0.2, 0) is 66.2 Å². The molecule has 3 aromatic carbocycles. The number of fused-ring (bicyclic) bond motifs is 4. The molecule has 0 fully saturated rings. The van der Waals surface area contributed by atoms with Gasteiger partial charge in [0, 0.05) is 70.6 Å². The van der Waals surface area contributed by atoms with Crippen molar-refractivity contribution in [3.63, 3.8) is 0 Å². The summed E-state index contributed by atoms with van der Waals surface area (Å²) in [6.07, 6.45) is 5.60. The van der Waals surface area contributed by atoms with Crippen molar-refractivity contribution in [2.45, 2.75) is 91.2 Å². The summed E-state index contributed by atoms with van der Waals surface area (Å²) in [6.45, 7) is 4.90. The van der Waals surface area contributed by atoms with E-state index < -0.39 is 93.6 Å². The Balaban J connectivity index is 1.75. The van der Waals surface area contributed by atoms with Crippen molar-refractivity contribution < 1.29 is 79.3 Å². The molecule has 1 unspecified atom stereocenters. The van der Waals surface area contributed by atoms with Gasteiger partial charge in [0.1, 0.15) is 16.3 Å². The minimum atomic E-state index is -5.08. The molecule has 1 atom stereocenters. The summed E-state index contributed by atoms with van der Waals surface area (Å²) >= 11 is 0. The topological polar surface area (TPSA) is 318 Å². The van der Waals surface area contributed by atoms with Crippen molar-refractivity contribution in [3.8, 4) is 0 Å². The van der Waals surface area contributed by atoms with Crippen LogP contribution in [0.15, 0.2) is 81.1 Å². The van der Waals surface area contributed by atoms with E-state index in [2.05, 4.69) is 0 Å². The Morgan fingerprint density at radius 3 is 2.00 bits per heavy atom. The standard InChI is InChI=1S/C38H46N2O17S5/c1-37(2)32(39(19-9-21-58(43,44)45)29-17-16-26-27(35(29)37)23-25(60(49,50)51)24-31(26)62(55,56)57)13-8-14-33-38(3,18-6-4-5-15-34(41)42)36-28(11-7-12-30(36)61(52,53)54)40(33)20-10-22-59(46,47)48/h7-8,11-14,16-17,23-24H,4-6,9-10,15,18-22H2,1-3H3,(H5-,41,42,43,44,45,46,47,48,49,50,51,52,53,54,55,56,57). The Morgan fingerprint density at radius 1 is 0.758 bits per heavy atom. The number of aliphatic carboxylic acids is 1. The third kappa shape index (κ3) is 10.6. The van der Waals surface area contributed by atoms with Crippen molar-refractivity contribution >= 4 is 84.4 Å². The van der Waals surface area contributed by atoms with Gasteiger partial charge >= 0.3 is 5.97 Å². The molecule has 0 saturated carbocycles. The Bertz CT molecular complexity index is 2990. The predicted molar refractivity (Wildman–Crippen MR) is 226 cm³/mol. The first-order chi connectivity index (χ1) is 28.4. The van der Waals surface area contributed by atoms with E-state index in [1.165, 1.54) is 24.3 Å². The second kappa shape index (κ2) is 17.5. The number of anilines is 1. The van der Waals surface area contributed by atoms with Crippen LogP contribution in [-0.4, -0.2) is 111 Å². The van der Waals surface area contributed by atoms with Gasteiger partial charge in [-0.15, -0.1) is 0 Å². The number of benzene rings is 3. The molecule has 0 aliphatic carbocycles. The second-order valence-electron chi connectivity index (χ2n) is 15.8. The predicted octanol–water partition coefficient (Wildman–Crippen LogP) is 4.42. The lowest BCUT2D eigenvalue weighted by atomic mass is 9.76. The molecule has 340 valence electrons. The average Bonchev–Trinajstić information content (AvgIpc) is 3.48. The summed E-state index contributed by atoms with van der Waals surface area (Å²) in [5, 5.41) is 9.07. The maximum absolute atomic E-state index is 12.8. The number of carbonyl (C=O) groups is 1. The van der Waals surface area contributed by atoms with E-state index in [1.807, 2.05) is 0 Å². The SMILES string of the molecule is CC1(C)C(/C=C/C=C2/N(CCCS(=O)(=O)[O-])c3cccc(S(=O)(=O)O)c3C2(C)CCCCCC(=O)O)=[N+](CCCS(=O)(=O)O)c2ccc3c(S(=O)(=O)O)cc(S(=O)(=O)O)cc3c21. The molecule has 62 heavy (non-hydrogen) atoms. The maximum Gasteiger partial charge on any atom is 0.303 e. The quantitative estimate of drug-likeness (QED) is 0.0630. The summed E-state index contributed by atoms with van der Waals surface area (Å²) in [4.78, 5) is 10.8. The number of nitrogens with zero attached hydrogens (tertiary/aromatic N) is 2. The van der Waals surface area contributed by atoms with E-state index in [4.69, 9.17) is 0 Å². The molecule has 2 aliphatic heterocycles. The van der Waals surface area contributed by atoms with Crippen molar-refractivity contribution in [3.05, 3.63) is 77.5 Å². The first-order valence-electron chi connectivity index (χ1n) is 19.0. The summed E-state index contributed by atoms with van der Waals surface area (Å²) in [5.41, 5.74) is -0.523. The van der Waals surface area contributed by atoms with Gasteiger partial charge in [0.25, 0.3) is 40.5 Å². The molecular weight excluding hydrogens is 917 g/mol. The molecule has 2 heterocycles. The molecule has 0 radical (unpaired) electrons. The molecule has 0 amide bonds. The normalized spacial score (nSPS) is 18.9. The van der Waals surface area contributed by atoms with Crippen molar-refractivity contribution in [1.29, 1.82) is 0 Å². The number of allylic oxidation sites excluding steroid dienone is 4. The number of hydrogen-bond donors (Lipinski definition) is 5. The Kier molecular flexibility index (Phi) is 13.8. The van der Waals surface area contributed by atoms with Crippen molar-refractivity contribution in [2.75, 3.05) is 29.5 Å². The number of carboxylic acid groups (broad SMARTS) is 1. The number of unbranched alkanes of at least 4 members (excludes halogenated alkanes) is 2. The monoisotopic (exact) mass is 962 g/mol. The van der Waals surface area contributed by atoms with Crippen LogP contribution in [0, 0.1) is 0 Å². The van der Waals surface area contributed by atoms with Crippen LogP contribution in [0.1, 0.15) is 76.8 Å². The Hall–Kier alpha value is -4.11. The molecule has 0 spiro atoms. The minimum absolute atomic E-state index is 0.00394. The largest absolute Gasteiger partial charge is 0.748 e. The summed E-state index contributed by atoms with van der Waals surface area (Å²) in [7, 11) is -24.1. The van der Waals surface area contributed by atoms with Gasteiger partial charge in [-0.05, 0) is 81.8 Å². The lowest BCUT2D eigenvalue weighted by Crippen LogP contribution is -2.31. The van der Waals surface area contributed by atoms with Crippen LogP contribution >= 0.6 is 0 Å². The molecule has 0 saturated heterocycles. The summed E-state index contributed by atoms with van der Waals surface area (Å²) < 4.78 is 176. The van der Waals surface area contributed by atoms with E-state index in [1.54, 1.807) is 54.5 Å². The molecule has 2 aliphatic rings. The lowest BCUT2D eigenvalue weighted by molar-refractivity contribution is -0.437. The van der Waals surface area contributed by atoms with Gasteiger partial charge < -0.3 is 14.6 Å². The van der Waals surface area contributed by atoms with E-state index in [-0.39, 0.29) is 55.1 Å². The van der Waals surface area contributed by atoms with Gasteiger partial charge in [0.15, 0.2) is 5.71 Å². The molecule has 0 aromatic heterocycles. The highest BCUT2D eigenvalue weighted by Gasteiger charge is 2.48. The van der Waals surface area contributed by atoms with E-state index in [9.17, 15) is 74.8 Å².